The van der Waals surface area contributed by atoms with E-state index in [0.717, 1.165) is 24.1 Å². The third-order valence-electron chi connectivity index (χ3n) is 4.77. The van der Waals surface area contributed by atoms with Crippen LogP contribution in [0.5, 0.6) is 0 Å². The molecule has 0 bridgehead atoms. The summed E-state index contributed by atoms with van der Waals surface area (Å²) in [6, 6.07) is 21.4. The van der Waals surface area contributed by atoms with E-state index in [9.17, 15) is 9.59 Å². The van der Waals surface area contributed by atoms with Crippen molar-refractivity contribution in [2.45, 2.75) is 26.7 Å². The molecule has 0 heterocycles. The van der Waals surface area contributed by atoms with E-state index in [1.165, 1.54) is 5.56 Å². The van der Waals surface area contributed by atoms with Crippen LogP contribution in [0.15, 0.2) is 66.7 Å². The number of carbonyl (C=O) groups is 2. The van der Waals surface area contributed by atoms with Crippen LogP contribution >= 0.6 is 0 Å². The molecule has 150 valence electrons. The number of nitrogens with zero attached hydrogens (tertiary/aromatic N) is 1. The van der Waals surface area contributed by atoms with Crippen LogP contribution in [0.1, 0.15) is 50.8 Å². The second-order valence-electron chi connectivity index (χ2n) is 7.07. The average molecular weight is 397 g/mol. The van der Waals surface area contributed by atoms with Gasteiger partial charge < -0.3 is 10.6 Å². The van der Waals surface area contributed by atoms with Crippen LogP contribution in [-0.4, -0.2) is 11.8 Å². The quantitative estimate of drug-likeness (QED) is 0.590. The van der Waals surface area contributed by atoms with E-state index in [0.29, 0.717) is 22.4 Å². The van der Waals surface area contributed by atoms with Gasteiger partial charge in [-0.1, -0.05) is 31.5 Å². The number of amides is 2. The molecule has 3 aromatic carbocycles. The molecule has 0 saturated carbocycles. The van der Waals surface area contributed by atoms with Crippen LogP contribution in [0.2, 0.25) is 0 Å². The molecule has 0 atom stereocenters. The fourth-order valence-electron chi connectivity index (χ4n) is 3.09. The molecule has 0 spiro atoms. The molecule has 0 fully saturated rings. The first kappa shape index (κ1) is 20.8. The Bertz CT molecular complexity index is 1090. The highest BCUT2D eigenvalue weighted by Gasteiger charge is 2.13. The van der Waals surface area contributed by atoms with Gasteiger partial charge in [-0.25, -0.2) is 0 Å². The Morgan fingerprint density at radius 3 is 2.13 bits per heavy atom. The molecule has 3 rings (SSSR count). The van der Waals surface area contributed by atoms with Crippen molar-refractivity contribution in [2.24, 2.45) is 0 Å². The Balaban J connectivity index is 1.72. The Labute approximate surface area is 176 Å². The summed E-state index contributed by atoms with van der Waals surface area (Å²) >= 11 is 0. The summed E-state index contributed by atoms with van der Waals surface area (Å²) in [7, 11) is 0. The zero-order chi connectivity index (χ0) is 21.5. The van der Waals surface area contributed by atoms with Gasteiger partial charge in [0.2, 0.25) is 0 Å². The van der Waals surface area contributed by atoms with Gasteiger partial charge in [0, 0.05) is 22.5 Å². The predicted octanol–water partition coefficient (Wildman–Crippen LogP) is 5.32. The third-order valence-corrected chi connectivity index (χ3v) is 4.77. The second kappa shape index (κ2) is 9.53. The van der Waals surface area contributed by atoms with E-state index in [-0.39, 0.29) is 11.8 Å². The minimum Gasteiger partial charge on any atom is -0.322 e. The van der Waals surface area contributed by atoms with E-state index in [2.05, 4.69) is 17.6 Å². The molecule has 0 unspecified atom stereocenters. The maximum Gasteiger partial charge on any atom is 0.256 e. The lowest BCUT2D eigenvalue weighted by Gasteiger charge is -2.11. The van der Waals surface area contributed by atoms with Gasteiger partial charge in [-0.15, -0.1) is 0 Å². The van der Waals surface area contributed by atoms with Crippen LogP contribution in [-0.2, 0) is 6.42 Å². The van der Waals surface area contributed by atoms with Crippen molar-refractivity contribution in [1.82, 2.24) is 0 Å². The van der Waals surface area contributed by atoms with Gasteiger partial charge in [0.15, 0.2) is 0 Å². The molecule has 0 aliphatic carbocycles. The second-order valence-corrected chi connectivity index (χ2v) is 7.07. The first-order valence-electron chi connectivity index (χ1n) is 9.82. The lowest BCUT2D eigenvalue weighted by atomic mass is 10.1. The molecule has 5 nitrogen and oxygen atoms in total. The van der Waals surface area contributed by atoms with E-state index in [4.69, 9.17) is 5.26 Å². The summed E-state index contributed by atoms with van der Waals surface area (Å²) in [5.41, 5.74) is 4.72. The van der Waals surface area contributed by atoms with E-state index < -0.39 is 0 Å². The van der Waals surface area contributed by atoms with Crippen molar-refractivity contribution in [3.05, 3.63) is 94.5 Å². The molecule has 0 aliphatic rings. The SMILES string of the molecule is CCCc1ccc(NC(=O)c2cc(NC(=O)c3ccc(C#N)cc3)ccc2C)cc1. The summed E-state index contributed by atoms with van der Waals surface area (Å²) in [5, 5.41) is 14.6. The molecule has 0 aliphatic heterocycles. The van der Waals surface area contributed by atoms with Crippen LogP contribution in [0.25, 0.3) is 0 Å². The van der Waals surface area contributed by atoms with Crippen molar-refractivity contribution in [2.75, 3.05) is 10.6 Å². The predicted molar refractivity (Wildman–Crippen MR) is 119 cm³/mol. The van der Waals surface area contributed by atoms with Crippen molar-refractivity contribution in [3.8, 4) is 6.07 Å². The Hall–Kier alpha value is -3.91. The number of rotatable bonds is 6. The maximum absolute atomic E-state index is 12.8. The highest BCUT2D eigenvalue weighted by atomic mass is 16.2. The summed E-state index contributed by atoms with van der Waals surface area (Å²) in [4.78, 5) is 25.2. The first-order chi connectivity index (χ1) is 14.5. The number of anilines is 2. The van der Waals surface area contributed by atoms with Gasteiger partial charge in [0.1, 0.15) is 0 Å². The molecule has 2 N–H and O–H groups in total. The number of benzene rings is 3. The first-order valence-corrected chi connectivity index (χ1v) is 9.82. The van der Waals surface area contributed by atoms with Crippen molar-refractivity contribution in [1.29, 1.82) is 5.26 Å². The highest BCUT2D eigenvalue weighted by molar-refractivity contribution is 6.08. The smallest absolute Gasteiger partial charge is 0.256 e. The summed E-state index contributed by atoms with van der Waals surface area (Å²) in [6.07, 6.45) is 2.08. The molecule has 3 aromatic rings. The Morgan fingerprint density at radius 2 is 1.50 bits per heavy atom. The molecule has 2 amide bonds. The zero-order valence-corrected chi connectivity index (χ0v) is 17.0. The average Bonchev–Trinajstić information content (AvgIpc) is 2.76. The molecular formula is C25H23N3O2. The van der Waals surface area contributed by atoms with Crippen LogP contribution in [0.4, 0.5) is 11.4 Å². The molecule has 30 heavy (non-hydrogen) atoms. The number of nitrogens with one attached hydrogen (secondary N) is 2. The largest absolute Gasteiger partial charge is 0.322 e. The number of nitriles is 1. The lowest BCUT2D eigenvalue weighted by molar-refractivity contribution is 0.101. The zero-order valence-electron chi connectivity index (χ0n) is 17.0. The number of carbonyl (C=O) groups excluding carboxylic acids is 2. The third kappa shape index (κ3) is 5.12. The van der Waals surface area contributed by atoms with Gasteiger partial charge >= 0.3 is 0 Å². The Morgan fingerprint density at radius 1 is 0.867 bits per heavy atom. The fourth-order valence-corrected chi connectivity index (χ4v) is 3.09. The molecule has 0 aromatic heterocycles. The van der Waals surface area contributed by atoms with Gasteiger partial charge in [0.05, 0.1) is 11.6 Å². The normalized spacial score (nSPS) is 10.2. The number of hydrogen-bond acceptors (Lipinski definition) is 3. The highest BCUT2D eigenvalue weighted by Crippen LogP contribution is 2.19. The molecule has 0 saturated heterocycles. The monoisotopic (exact) mass is 397 g/mol. The fraction of sp³-hybridized carbons (Fsp3) is 0.160. The summed E-state index contributed by atoms with van der Waals surface area (Å²) < 4.78 is 0. The van der Waals surface area contributed by atoms with Crippen LogP contribution in [0, 0.1) is 18.3 Å². The minimum absolute atomic E-state index is 0.231. The number of aryl methyl sites for hydroxylation is 2. The van der Waals surface area contributed by atoms with Crippen LogP contribution in [0.3, 0.4) is 0 Å². The van der Waals surface area contributed by atoms with Crippen molar-refractivity contribution < 1.29 is 9.59 Å². The van der Waals surface area contributed by atoms with E-state index in [1.807, 2.05) is 37.3 Å². The topological polar surface area (TPSA) is 82.0 Å². The van der Waals surface area contributed by atoms with Crippen LogP contribution < -0.4 is 10.6 Å². The minimum atomic E-state index is -0.304. The Kier molecular flexibility index (Phi) is 6.61. The standard InChI is InChI=1S/C25H23N3O2/c1-3-4-18-8-13-21(14-9-18)27-25(30)23-15-22(12-5-17(23)2)28-24(29)20-10-6-19(16-26)7-11-20/h5-15H,3-4H2,1-2H3,(H,27,30)(H,28,29). The van der Waals surface area contributed by atoms with Gasteiger partial charge in [-0.3, -0.25) is 9.59 Å². The van der Waals surface area contributed by atoms with Gasteiger partial charge in [0.25, 0.3) is 11.8 Å². The molecular weight excluding hydrogens is 374 g/mol. The van der Waals surface area contributed by atoms with Gasteiger partial charge in [-0.2, -0.15) is 5.26 Å². The summed E-state index contributed by atoms with van der Waals surface area (Å²) in [6.45, 7) is 3.98. The molecule has 5 heteroatoms. The maximum atomic E-state index is 12.8. The van der Waals surface area contributed by atoms with Crippen molar-refractivity contribution in [3.63, 3.8) is 0 Å². The number of hydrogen-bond donors (Lipinski definition) is 2. The van der Waals surface area contributed by atoms with Crippen molar-refractivity contribution >= 4 is 23.2 Å². The van der Waals surface area contributed by atoms with E-state index in [1.54, 1.807) is 42.5 Å². The lowest BCUT2D eigenvalue weighted by Crippen LogP contribution is -2.16. The molecule has 0 radical (unpaired) electrons. The van der Waals surface area contributed by atoms with E-state index >= 15 is 0 Å². The van der Waals surface area contributed by atoms with Gasteiger partial charge in [-0.05, 0) is 73.0 Å². The summed E-state index contributed by atoms with van der Waals surface area (Å²) in [5.74, 6) is -0.536.